The van der Waals surface area contributed by atoms with E-state index < -0.39 is 0 Å². The molecule has 1 atom stereocenters. The third-order valence-electron chi connectivity index (χ3n) is 4.15. The van der Waals surface area contributed by atoms with Crippen molar-refractivity contribution in [3.8, 4) is 0 Å². The van der Waals surface area contributed by atoms with E-state index >= 15 is 0 Å². The van der Waals surface area contributed by atoms with Crippen LogP contribution in [0.2, 0.25) is 5.02 Å². The molecule has 1 fully saturated rings. The van der Waals surface area contributed by atoms with Crippen LogP contribution in [0.3, 0.4) is 0 Å². The number of piperazine rings is 1. The second kappa shape index (κ2) is 7.05. The molecule has 1 aliphatic rings. The molecular formula is C17H20ClN5O. The summed E-state index contributed by atoms with van der Waals surface area (Å²) in [5.74, 6) is 1.58. The number of hydrogen-bond donors (Lipinski definition) is 1. The first-order valence-electron chi connectivity index (χ1n) is 7.86. The van der Waals surface area contributed by atoms with E-state index in [0.29, 0.717) is 18.1 Å². The lowest BCUT2D eigenvalue weighted by Gasteiger charge is -2.32. The molecule has 0 bridgehead atoms. The lowest BCUT2D eigenvalue weighted by atomic mass is 10.1. The summed E-state index contributed by atoms with van der Waals surface area (Å²) in [5.41, 5.74) is 1.08. The highest BCUT2D eigenvalue weighted by atomic mass is 35.5. The third kappa shape index (κ3) is 3.76. The number of hydrogen-bond acceptors (Lipinski definition) is 5. The number of likely N-dealkylation sites (N-methyl/N-ethyl adjacent to an activating group) is 1. The van der Waals surface area contributed by atoms with Gasteiger partial charge in [-0.15, -0.1) is 0 Å². The van der Waals surface area contributed by atoms with Crippen molar-refractivity contribution >= 4 is 29.1 Å². The molecule has 0 spiro atoms. The number of rotatable bonds is 4. The van der Waals surface area contributed by atoms with Gasteiger partial charge in [0.1, 0.15) is 18.0 Å². The van der Waals surface area contributed by atoms with E-state index in [1.165, 1.54) is 6.33 Å². The predicted octanol–water partition coefficient (Wildman–Crippen LogP) is 2.58. The fraction of sp³-hybridized carbons (Fsp3) is 0.353. The van der Waals surface area contributed by atoms with Gasteiger partial charge >= 0.3 is 0 Å². The van der Waals surface area contributed by atoms with Crippen LogP contribution in [-0.4, -0.2) is 47.5 Å². The van der Waals surface area contributed by atoms with Gasteiger partial charge in [0.25, 0.3) is 0 Å². The van der Waals surface area contributed by atoms with Crippen LogP contribution in [0.15, 0.2) is 36.7 Å². The maximum absolute atomic E-state index is 11.9. The molecule has 1 aromatic heterocycles. The summed E-state index contributed by atoms with van der Waals surface area (Å²) in [6, 6.07) is 9.66. The zero-order chi connectivity index (χ0) is 17.1. The van der Waals surface area contributed by atoms with E-state index in [1.807, 2.05) is 49.2 Å². The first-order chi connectivity index (χ1) is 11.5. The number of benzene rings is 1. The Bertz CT molecular complexity index is 738. The van der Waals surface area contributed by atoms with Gasteiger partial charge in [0, 0.05) is 37.3 Å². The minimum absolute atomic E-state index is 0.0561. The number of carbonyl (C=O) groups excluding carboxylic acids is 1. The number of anilines is 2. The monoisotopic (exact) mass is 345 g/mol. The van der Waals surface area contributed by atoms with Crippen LogP contribution in [-0.2, 0) is 4.79 Å². The molecule has 126 valence electrons. The Morgan fingerprint density at radius 1 is 1.25 bits per heavy atom. The summed E-state index contributed by atoms with van der Waals surface area (Å²) in [7, 11) is 1.82. The van der Waals surface area contributed by atoms with Gasteiger partial charge in [-0.2, -0.15) is 0 Å². The van der Waals surface area contributed by atoms with Gasteiger partial charge in [-0.25, -0.2) is 9.97 Å². The number of amides is 1. The molecule has 1 amide bonds. The molecule has 0 radical (unpaired) electrons. The Labute approximate surface area is 146 Å². The summed E-state index contributed by atoms with van der Waals surface area (Å²) in [6.45, 7) is 3.86. The highest BCUT2D eigenvalue weighted by Crippen LogP contribution is 2.23. The maximum atomic E-state index is 11.9. The van der Waals surface area contributed by atoms with Crippen LogP contribution in [0, 0.1) is 0 Å². The normalized spacial score (nSPS) is 16.2. The summed E-state index contributed by atoms with van der Waals surface area (Å²) in [5, 5.41) is 4.06. The molecule has 6 nitrogen and oxygen atoms in total. The van der Waals surface area contributed by atoms with Crippen LogP contribution in [0.1, 0.15) is 18.5 Å². The van der Waals surface area contributed by atoms with Crippen molar-refractivity contribution in [2.75, 3.05) is 36.9 Å². The zero-order valence-electron chi connectivity index (χ0n) is 13.7. The number of aromatic nitrogens is 2. The van der Waals surface area contributed by atoms with E-state index in [4.69, 9.17) is 11.6 Å². The van der Waals surface area contributed by atoms with Gasteiger partial charge < -0.3 is 15.1 Å². The molecule has 7 heteroatoms. The van der Waals surface area contributed by atoms with Crippen molar-refractivity contribution in [2.45, 2.75) is 13.0 Å². The van der Waals surface area contributed by atoms with Gasteiger partial charge in [0.15, 0.2) is 0 Å². The predicted molar refractivity (Wildman–Crippen MR) is 95.4 cm³/mol. The van der Waals surface area contributed by atoms with Crippen LogP contribution in [0.25, 0.3) is 0 Å². The molecule has 1 aliphatic heterocycles. The van der Waals surface area contributed by atoms with Crippen LogP contribution >= 0.6 is 11.6 Å². The Morgan fingerprint density at radius 3 is 2.83 bits per heavy atom. The SMILES string of the molecule is C[C@@H](Nc1cc(N2CCN(C)C(=O)C2)ncn1)c1cccc(Cl)c1. The average molecular weight is 346 g/mol. The van der Waals surface area contributed by atoms with Crippen LogP contribution in [0.4, 0.5) is 11.6 Å². The number of carbonyl (C=O) groups is 1. The molecule has 2 aromatic rings. The smallest absolute Gasteiger partial charge is 0.241 e. The maximum Gasteiger partial charge on any atom is 0.241 e. The van der Waals surface area contributed by atoms with Gasteiger partial charge in [0.05, 0.1) is 6.54 Å². The van der Waals surface area contributed by atoms with Crippen molar-refractivity contribution in [3.63, 3.8) is 0 Å². The fourth-order valence-corrected chi connectivity index (χ4v) is 2.83. The van der Waals surface area contributed by atoms with Crippen molar-refractivity contribution in [1.82, 2.24) is 14.9 Å². The minimum Gasteiger partial charge on any atom is -0.363 e. The number of halogens is 1. The quantitative estimate of drug-likeness (QED) is 0.922. The van der Waals surface area contributed by atoms with Gasteiger partial charge in [0.2, 0.25) is 5.91 Å². The zero-order valence-corrected chi connectivity index (χ0v) is 14.5. The summed E-state index contributed by atoms with van der Waals surface area (Å²) < 4.78 is 0. The second-order valence-corrected chi connectivity index (χ2v) is 6.36. The topological polar surface area (TPSA) is 61.4 Å². The molecule has 0 aliphatic carbocycles. The largest absolute Gasteiger partial charge is 0.363 e. The average Bonchev–Trinajstić information content (AvgIpc) is 2.57. The molecule has 1 saturated heterocycles. The lowest BCUT2D eigenvalue weighted by Crippen LogP contribution is -2.48. The highest BCUT2D eigenvalue weighted by Gasteiger charge is 2.22. The van der Waals surface area contributed by atoms with Gasteiger partial charge in [-0.1, -0.05) is 23.7 Å². The van der Waals surface area contributed by atoms with E-state index in [0.717, 1.165) is 23.7 Å². The Morgan fingerprint density at radius 2 is 2.08 bits per heavy atom. The molecule has 1 aromatic carbocycles. The third-order valence-corrected chi connectivity index (χ3v) is 4.38. The highest BCUT2D eigenvalue weighted by molar-refractivity contribution is 6.30. The van der Waals surface area contributed by atoms with Crippen molar-refractivity contribution in [2.24, 2.45) is 0 Å². The molecule has 2 heterocycles. The Balaban J connectivity index is 1.72. The van der Waals surface area contributed by atoms with Crippen molar-refractivity contribution in [1.29, 1.82) is 0 Å². The summed E-state index contributed by atoms with van der Waals surface area (Å²) in [4.78, 5) is 24.2. The minimum atomic E-state index is 0.0561. The van der Waals surface area contributed by atoms with Crippen LogP contribution in [0.5, 0.6) is 0 Å². The van der Waals surface area contributed by atoms with E-state index in [9.17, 15) is 4.79 Å². The Kier molecular flexibility index (Phi) is 4.85. The van der Waals surface area contributed by atoms with Gasteiger partial charge in [-0.05, 0) is 24.6 Å². The number of nitrogens with one attached hydrogen (secondary N) is 1. The lowest BCUT2D eigenvalue weighted by molar-refractivity contribution is -0.129. The molecule has 24 heavy (non-hydrogen) atoms. The van der Waals surface area contributed by atoms with E-state index in [-0.39, 0.29) is 11.9 Å². The van der Waals surface area contributed by atoms with E-state index in [2.05, 4.69) is 15.3 Å². The summed E-state index contributed by atoms with van der Waals surface area (Å²) >= 11 is 6.05. The molecule has 1 N–H and O–H groups in total. The molecule has 0 saturated carbocycles. The first kappa shape index (κ1) is 16.5. The van der Waals surface area contributed by atoms with Crippen molar-refractivity contribution in [3.05, 3.63) is 47.2 Å². The van der Waals surface area contributed by atoms with E-state index in [1.54, 1.807) is 4.90 Å². The standard InChI is InChI=1S/C17H20ClN5O/c1-12(13-4-3-5-14(18)8-13)21-15-9-16(20-11-19-15)23-7-6-22(2)17(24)10-23/h3-5,8-9,11-12H,6-7,10H2,1-2H3,(H,19,20,21)/t12-/m1/s1. The molecule has 0 unspecified atom stereocenters. The second-order valence-electron chi connectivity index (χ2n) is 5.92. The van der Waals surface area contributed by atoms with Crippen LogP contribution < -0.4 is 10.2 Å². The van der Waals surface area contributed by atoms with Crippen molar-refractivity contribution < 1.29 is 4.79 Å². The Hall–Kier alpha value is -2.34. The summed E-state index contributed by atoms with van der Waals surface area (Å²) in [6.07, 6.45) is 1.52. The molecular weight excluding hydrogens is 326 g/mol. The first-order valence-corrected chi connectivity index (χ1v) is 8.23. The van der Waals surface area contributed by atoms with Gasteiger partial charge in [-0.3, -0.25) is 4.79 Å². The molecule has 3 rings (SSSR count). The number of nitrogens with zero attached hydrogens (tertiary/aromatic N) is 4. The fourth-order valence-electron chi connectivity index (χ4n) is 2.63.